The van der Waals surface area contributed by atoms with E-state index < -0.39 is 9.84 Å². The van der Waals surface area contributed by atoms with E-state index in [0.29, 0.717) is 16.9 Å². The maximum absolute atomic E-state index is 11.6. The summed E-state index contributed by atoms with van der Waals surface area (Å²) in [5, 5.41) is 0. The molecule has 0 aromatic heterocycles. The molecule has 0 radical (unpaired) electrons. The Hall–Kier alpha value is -0.0900. The van der Waals surface area contributed by atoms with Crippen LogP contribution in [-0.2, 0) is 9.84 Å². The molecule has 0 aromatic carbocycles. The Balaban J connectivity index is 1.78. The minimum atomic E-state index is -2.75. The average molecular weight is 301 g/mol. The summed E-state index contributed by atoms with van der Waals surface area (Å²) >= 11 is 0. The highest BCUT2D eigenvalue weighted by Gasteiger charge is 2.33. The summed E-state index contributed by atoms with van der Waals surface area (Å²) in [6.07, 6.45) is 6.13. The zero-order chi connectivity index (χ0) is 15.0. The summed E-state index contributed by atoms with van der Waals surface area (Å²) in [5.41, 5.74) is 0.441. The van der Waals surface area contributed by atoms with Crippen LogP contribution in [0.2, 0.25) is 0 Å². The van der Waals surface area contributed by atoms with Crippen molar-refractivity contribution in [2.45, 2.75) is 58.9 Å². The summed E-state index contributed by atoms with van der Waals surface area (Å²) in [6.45, 7) is 8.14. The lowest BCUT2D eigenvalue weighted by Crippen LogP contribution is -2.38. The third kappa shape index (κ3) is 4.20. The minimum Gasteiger partial charge on any atom is -0.302 e. The SMILES string of the molecule is CN(CC1CCC(C(C)(C)C)CC1)[C@H]1CCS(=O)(=O)C1. The van der Waals surface area contributed by atoms with Crippen molar-refractivity contribution in [3.05, 3.63) is 0 Å². The molecule has 1 saturated carbocycles. The van der Waals surface area contributed by atoms with Crippen molar-refractivity contribution in [2.24, 2.45) is 17.3 Å². The largest absolute Gasteiger partial charge is 0.302 e. The van der Waals surface area contributed by atoms with E-state index >= 15 is 0 Å². The molecular weight excluding hydrogens is 270 g/mol. The quantitative estimate of drug-likeness (QED) is 0.804. The summed E-state index contributed by atoms with van der Waals surface area (Å²) < 4.78 is 23.1. The lowest BCUT2D eigenvalue weighted by Gasteiger charge is -2.38. The molecule has 2 aliphatic rings. The van der Waals surface area contributed by atoms with Crippen LogP contribution in [0.25, 0.3) is 0 Å². The van der Waals surface area contributed by atoms with Crippen LogP contribution in [0, 0.1) is 17.3 Å². The second kappa shape index (κ2) is 5.96. The molecule has 1 aliphatic heterocycles. The van der Waals surface area contributed by atoms with Gasteiger partial charge < -0.3 is 4.90 Å². The molecule has 0 N–H and O–H groups in total. The van der Waals surface area contributed by atoms with Gasteiger partial charge in [-0.3, -0.25) is 0 Å². The van der Waals surface area contributed by atoms with Crippen LogP contribution in [0.3, 0.4) is 0 Å². The molecule has 0 spiro atoms. The van der Waals surface area contributed by atoms with E-state index in [1.165, 1.54) is 25.7 Å². The van der Waals surface area contributed by atoms with Gasteiger partial charge >= 0.3 is 0 Å². The maximum Gasteiger partial charge on any atom is 0.151 e. The fraction of sp³-hybridized carbons (Fsp3) is 1.00. The first-order chi connectivity index (χ1) is 9.17. The summed E-state index contributed by atoms with van der Waals surface area (Å²) in [7, 11) is -0.639. The van der Waals surface area contributed by atoms with Crippen LogP contribution in [0.4, 0.5) is 0 Å². The molecule has 4 heteroatoms. The highest BCUT2D eigenvalue weighted by atomic mass is 32.2. The van der Waals surface area contributed by atoms with Crippen LogP contribution in [0.15, 0.2) is 0 Å². The molecule has 0 unspecified atom stereocenters. The molecule has 0 bridgehead atoms. The van der Waals surface area contributed by atoms with Crippen LogP contribution < -0.4 is 0 Å². The van der Waals surface area contributed by atoms with Crippen LogP contribution in [0.5, 0.6) is 0 Å². The molecule has 1 atom stereocenters. The summed E-state index contributed by atoms with van der Waals surface area (Å²) in [6, 6.07) is 0.264. The van der Waals surface area contributed by atoms with Crippen LogP contribution in [-0.4, -0.2) is 44.5 Å². The van der Waals surface area contributed by atoms with Crippen molar-refractivity contribution in [3.8, 4) is 0 Å². The second-order valence-electron chi connectivity index (χ2n) is 8.08. The van der Waals surface area contributed by atoms with E-state index in [0.717, 1.165) is 24.8 Å². The first-order valence-corrected chi connectivity index (χ1v) is 9.90. The maximum atomic E-state index is 11.6. The molecule has 0 aromatic rings. The van der Waals surface area contributed by atoms with E-state index in [1.807, 2.05) is 0 Å². The van der Waals surface area contributed by atoms with Crippen molar-refractivity contribution in [1.82, 2.24) is 4.90 Å². The molecule has 2 fully saturated rings. The average Bonchev–Trinajstić information content (AvgIpc) is 2.69. The summed E-state index contributed by atoms with van der Waals surface area (Å²) in [4.78, 5) is 2.31. The van der Waals surface area contributed by atoms with E-state index in [2.05, 4.69) is 32.7 Å². The van der Waals surface area contributed by atoms with Gasteiger partial charge in [-0.1, -0.05) is 20.8 Å². The van der Waals surface area contributed by atoms with Gasteiger partial charge in [0, 0.05) is 12.6 Å². The topological polar surface area (TPSA) is 37.4 Å². The Morgan fingerprint density at radius 2 is 1.65 bits per heavy atom. The predicted molar refractivity (Wildman–Crippen MR) is 84.6 cm³/mol. The Kier molecular flexibility index (Phi) is 4.85. The molecule has 3 nitrogen and oxygen atoms in total. The first-order valence-electron chi connectivity index (χ1n) is 8.08. The molecule has 20 heavy (non-hydrogen) atoms. The van der Waals surface area contributed by atoms with E-state index in [-0.39, 0.29) is 6.04 Å². The van der Waals surface area contributed by atoms with Gasteiger partial charge in [0.2, 0.25) is 0 Å². The minimum absolute atomic E-state index is 0.264. The van der Waals surface area contributed by atoms with Gasteiger partial charge in [-0.25, -0.2) is 8.42 Å². The van der Waals surface area contributed by atoms with Gasteiger partial charge in [0.1, 0.15) is 0 Å². The van der Waals surface area contributed by atoms with Crippen molar-refractivity contribution in [3.63, 3.8) is 0 Å². The zero-order valence-corrected chi connectivity index (χ0v) is 14.4. The van der Waals surface area contributed by atoms with Crippen molar-refractivity contribution >= 4 is 9.84 Å². The predicted octanol–water partition coefficient (Wildman–Crippen LogP) is 2.96. The van der Waals surface area contributed by atoms with Crippen LogP contribution in [0.1, 0.15) is 52.9 Å². The number of hydrogen-bond acceptors (Lipinski definition) is 3. The lowest BCUT2D eigenvalue weighted by atomic mass is 9.70. The third-order valence-electron chi connectivity index (χ3n) is 5.45. The number of sulfone groups is 1. The molecule has 118 valence electrons. The Morgan fingerprint density at radius 3 is 2.10 bits per heavy atom. The Bertz CT molecular complexity index is 416. The molecule has 1 saturated heterocycles. The monoisotopic (exact) mass is 301 g/mol. The molecular formula is C16H31NO2S. The van der Waals surface area contributed by atoms with Gasteiger partial charge in [-0.15, -0.1) is 0 Å². The van der Waals surface area contributed by atoms with Crippen molar-refractivity contribution in [1.29, 1.82) is 0 Å². The van der Waals surface area contributed by atoms with Gasteiger partial charge in [0.15, 0.2) is 9.84 Å². The third-order valence-corrected chi connectivity index (χ3v) is 7.20. The highest BCUT2D eigenvalue weighted by molar-refractivity contribution is 7.91. The molecule has 0 amide bonds. The highest BCUT2D eigenvalue weighted by Crippen LogP contribution is 2.40. The number of rotatable bonds is 3. The Labute approximate surface area is 125 Å². The van der Waals surface area contributed by atoms with Gasteiger partial charge in [-0.2, -0.15) is 0 Å². The number of hydrogen-bond donors (Lipinski definition) is 0. The van der Waals surface area contributed by atoms with E-state index in [4.69, 9.17) is 0 Å². The van der Waals surface area contributed by atoms with Gasteiger partial charge in [-0.05, 0) is 56.4 Å². The molecule has 2 rings (SSSR count). The van der Waals surface area contributed by atoms with Gasteiger partial charge in [0.05, 0.1) is 11.5 Å². The molecule has 1 heterocycles. The van der Waals surface area contributed by atoms with E-state index in [1.54, 1.807) is 0 Å². The zero-order valence-electron chi connectivity index (χ0n) is 13.6. The summed E-state index contributed by atoms with van der Waals surface area (Å²) in [5.74, 6) is 2.39. The van der Waals surface area contributed by atoms with Gasteiger partial charge in [0.25, 0.3) is 0 Å². The smallest absolute Gasteiger partial charge is 0.151 e. The standard InChI is InChI=1S/C16H31NO2S/c1-16(2,3)14-7-5-13(6-8-14)11-17(4)15-9-10-20(18,19)12-15/h13-15H,5-12H2,1-4H3/t13?,14?,15-/m0/s1. The van der Waals surface area contributed by atoms with Crippen molar-refractivity contribution < 1.29 is 8.42 Å². The van der Waals surface area contributed by atoms with Crippen molar-refractivity contribution in [2.75, 3.05) is 25.1 Å². The fourth-order valence-corrected chi connectivity index (χ4v) is 5.70. The van der Waals surface area contributed by atoms with E-state index in [9.17, 15) is 8.42 Å². The number of nitrogens with zero attached hydrogens (tertiary/aromatic N) is 1. The first kappa shape index (κ1) is 16.3. The fourth-order valence-electron chi connectivity index (χ4n) is 3.89. The van der Waals surface area contributed by atoms with Crippen LogP contribution >= 0.6 is 0 Å². The lowest BCUT2D eigenvalue weighted by molar-refractivity contribution is 0.122. The normalized spacial score (nSPS) is 34.5. The Morgan fingerprint density at radius 1 is 1.05 bits per heavy atom. The second-order valence-corrected chi connectivity index (χ2v) is 10.3. The molecule has 1 aliphatic carbocycles.